The van der Waals surface area contributed by atoms with Gasteiger partial charge in [-0.25, -0.2) is 0 Å². The molecule has 1 aromatic rings. The molecule has 0 amide bonds. The van der Waals surface area contributed by atoms with E-state index in [-0.39, 0.29) is 6.67 Å². The van der Waals surface area contributed by atoms with Crippen molar-refractivity contribution in [1.82, 2.24) is 4.98 Å². The molecular formula is C10H15FN2O. The van der Waals surface area contributed by atoms with Crippen LogP contribution in [-0.2, 0) is 6.42 Å². The Balaban J connectivity index is 2.38. The lowest BCUT2D eigenvalue weighted by atomic mass is 10.3. The molecule has 0 aliphatic carbocycles. The number of alkyl halides is 1. The van der Waals surface area contributed by atoms with E-state index in [1.807, 2.05) is 12.1 Å². The van der Waals surface area contributed by atoms with E-state index in [0.717, 1.165) is 12.1 Å². The molecule has 0 spiro atoms. The topological polar surface area (TPSA) is 48.1 Å². The van der Waals surface area contributed by atoms with Gasteiger partial charge in [0.2, 0.25) is 0 Å². The molecule has 14 heavy (non-hydrogen) atoms. The second kappa shape index (κ2) is 6.32. The van der Waals surface area contributed by atoms with Crippen LogP contribution in [0.1, 0.15) is 12.1 Å². The highest BCUT2D eigenvalue weighted by atomic mass is 19.1. The van der Waals surface area contributed by atoms with Gasteiger partial charge in [0.15, 0.2) is 0 Å². The third kappa shape index (κ3) is 3.70. The van der Waals surface area contributed by atoms with Gasteiger partial charge in [-0.05, 0) is 18.7 Å². The molecule has 1 heterocycles. The van der Waals surface area contributed by atoms with Crippen LogP contribution < -0.4 is 10.5 Å². The minimum Gasteiger partial charge on any atom is -0.492 e. The lowest BCUT2D eigenvalue weighted by Gasteiger charge is -2.04. The van der Waals surface area contributed by atoms with E-state index >= 15 is 0 Å². The van der Waals surface area contributed by atoms with E-state index < -0.39 is 0 Å². The van der Waals surface area contributed by atoms with Crippen LogP contribution in [0.15, 0.2) is 18.3 Å². The second-order valence-corrected chi connectivity index (χ2v) is 2.91. The number of pyridine rings is 1. The van der Waals surface area contributed by atoms with E-state index in [0.29, 0.717) is 25.3 Å². The molecule has 1 rings (SSSR count). The van der Waals surface area contributed by atoms with Crippen LogP contribution in [0.4, 0.5) is 4.39 Å². The van der Waals surface area contributed by atoms with Crippen molar-refractivity contribution in [2.24, 2.45) is 5.73 Å². The van der Waals surface area contributed by atoms with Crippen LogP contribution in [0.2, 0.25) is 0 Å². The summed E-state index contributed by atoms with van der Waals surface area (Å²) in [6, 6.07) is 3.70. The van der Waals surface area contributed by atoms with Gasteiger partial charge >= 0.3 is 0 Å². The minimum absolute atomic E-state index is 0.349. The summed E-state index contributed by atoms with van der Waals surface area (Å²) in [4.78, 5) is 4.15. The Morgan fingerprint density at radius 3 is 2.86 bits per heavy atom. The van der Waals surface area contributed by atoms with Gasteiger partial charge in [-0.2, -0.15) is 0 Å². The lowest BCUT2D eigenvalue weighted by molar-refractivity contribution is 0.288. The summed E-state index contributed by atoms with van der Waals surface area (Å²) in [5, 5.41) is 0. The van der Waals surface area contributed by atoms with Crippen LogP contribution in [-0.4, -0.2) is 24.8 Å². The first-order chi connectivity index (χ1) is 6.86. The molecule has 78 valence electrons. The van der Waals surface area contributed by atoms with Crippen molar-refractivity contribution in [2.45, 2.75) is 12.8 Å². The van der Waals surface area contributed by atoms with E-state index in [1.165, 1.54) is 0 Å². The molecule has 4 heteroatoms. The van der Waals surface area contributed by atoms with Crippen molar-refractivity contribution in [3.05, 3.63) is 24.0 Å². The number of hydrogen-bond donors (Lipinski definition) is 1. The Morgan fingerprint density at radius 1 is 1.43 bits per heavy atom. The zero-order chi connectivity index (χ0) is 10.2. The highest BCUT2D eigenvalue weighted by molar-refractivity contribution is 5.19. The molecule has 1 aromatic heterocycles. The van der Waals surface area contributed by atoms with Crippen LogP contribution in [0.3, 0.4) is 0 Å². The second-order valence-electron chi connectivity index (χ2n) is 2.91. The summed E-state index contributed by atoms with van der Waals surface area (Å²) < 4.78 is 17.0. The molecule has 0 atom stereocenters. The first-order valence-electron chi connectivity index (χ1n) is 4.70. The lowest BCUT2D eigenvalue weighted by Crippen LogP contribution is -2.04. The van der Waals surface area contributed by atoms with Crippen molar-refractivity contribution in [2.75, 3.05) is 19.8 Å². The number of aromatic nitrogens is 1. The minimum atomic E-state index is -0.349. The summed E-state index contributed by atoms with van der Waals surface area (Å²) in [6.45, 7) is 0.641. The fraction of sp³-hybridized carbons (Fsp3) is 0.500. The van der Waals surface area contributed by atoms with Gasteiger partial charge in [0.05, 0.1) is 19.5 Å². The summed E-state index contributed by atoms with van der Waals surface area (Å²) in [6.07, 6.45) is 2.83. The molecule has 3 nitrogen and oxygen atoms in total. The van der Waals surface area contributed by atoms with Crippen LogP contribution >= 0.6 is 0 Å². The molecular weight excluding hydrogens is 183 g/mol. The van der Waals surface area contributed by atoms with Gasteiger partial charge in [-0.3, -0.25) is 9.37 Å². The van der Waals surface area contributed by atoms with Crippen molar-refractivity contribution in [3.8, 4) is 5.75 Å². The predicted octanol–water partition coefficient (Wildman–Crippen LogP) is 1.32. The van der Waals surface area contributed by atoms with Crippen LogP contribution in [0.5, 0.6) is 5.75 Å². The molecule has 0 fully saturated rings. The predicted molar refractivity (Wildman–Crippen MR) is 53.1 cm³/mol. The van der Waals surface area contributed by atoms with Gasteiger partial charge in [-0.15, -0.1) is 0 Å². The SMILES string of the molecule is NCCc1ccc(OCCCF)cn1. The van der Waals surface area contributed by atoms with E-state index in [2.05, 4.69) is 4.98 Å². The normalized spacial score (nSPS) is 10.1. The molecule has 0 aliphatic rings. The number of hydrogen-bond acceptors (Lipinski definition) is 3. The van der Waals surface area contributed by atoms with Gasteiger partial charge < -0.3 is 10.5 Å². The van der Waals surface area contributed by atoms with Gasteiger partial charge in [0.1, 0.15) is 5.75 Å². The van der Waals surface area contributed by atoms with Crippen molar-refractivity contribution < 1.29 is 9.13 Å². The number of halogens is 1. The highest BCUT2D eigenvalue weighted by Crippen LogP contribution is 2.09. The van der Waals surface area contributed by atoms with Crippen molar-refractivity contribution in [1.29, 1.82) is 0 Å². The fourth-order valence-corrected chi connectivity index (χ4v) is 1.04. The molecule has 0 saturated heterocycles. The van der Waals surface area contributed by atoms with Crippen molar-refractivity contribution >= 4 is 0 Å². The van der Waals surface area contributed by atoms with Crippen LogP contribution in [0, 0.1) is 0 Å². The molecule has 0 unspecified atom stereocenters. The highest BCUT2D eigenvalue weighted by Gasteiger charge is 1.96. The Hall–Kier alpha value is -1.16. The average molecular weight is 198 g/mol. The van der Waals surface area contributed by atoms with E-state index in [4.69, 9.17) is 10.5 Å². The summed E-state index contributed by atoms with van der Waals surface area (Å²) in [5.74, 6) is 0.680. The van der Waals surface area contributed by atoms with E-state index in [1.54, 1.807) is 6.20 Å². The first-order valence-corrected chi connectivity index (χ1v) is 4.70. The zero-order valence-electron chi connectivity index (χ0n) is 8.08. The Morgan fingerprint density at radius 2 is 2.29 bits per heavy atom. The molecule has 0 aliphatic heterocycles. The maximum absolute atomic E-state index is 11.8. The molecule has 0 radical (unpaired) electrons. The van der Waals surface area contributed by atoms with E-state index in [9.17, 15) is 4.39 Å². The molecule has 0 saturated carbocycles. The van der Waals surface area contributed by atoms with Gasteiger partial charge in [0.25, 0.3) is 0 Å². The number of ether oxygens (including phenoxy) is 1. The third-order valence-corrected chi connectivity index (χ3v) is 1.74. The summed E-state index contributed by atoms with van der Waals surface area (Å²) >= 11 is 0. The Kier molecular flexibility index (Phi) is 4.93. The van der Waals surface area contributed by atoms with Gasteiger partial charge in [-0.1, -0.05) is 0 Å². The maximum Gasteiger partial charge on any atom is 0.137 e. The number of nitrogens with zero attached hydrogens (tertiary/aromatic N) is 1. The first kappa shape index (κ1) is 10.9. The summed E-state index contributed by atoms with van der Waals surface area (Å²) in [7, 11) is 0. The summed E-state index contributed by atoms with van der Waals surface area (Å²) in [5.41, 5.74) is 6.33. The Labute approximate surface area is 83.1 Å². The molecule has 0 aromatic carbocycles. The number of nitrogens with two attached hydrogens (primary N) is 1. The smallest absolute Gasteiger partial charge is 0.137 e. The Bertz CT molecular complexity index is 251. The molecule has 0 bridgehead atoms. The average Bonchev–Trinajstić information content (AvgIpc) is 2.21. The molecule has 2 N–H and O–H groups in total. The monoisotopic (exact) mass is 198 g/mol. The quantitative estimate of drug-likeness (QED) is 0.701. The number of rotatable bonds is 6. The largest absolute Gasteiger partial charge is 0.492 e. The zero-order valence-corrected chi connectivity index (χ0v) is 8.08. The fourth-order valence-electron chi connectivity index (χ4n) is 1.04. The van der Waals surface area contributed by atoms with Crippen molar-refractivity contribution in [3.63, 3.8) is 0 Å². The maximum atomic E-state index is 11.8. The van der Waals surface area contributed by atoms with Gasteiger partial charge in [0, 0.05) is 18.5 Å². The van der Waals surface area contributed by atoms with Crippen LogP contribution in [0.25, 0.3) is 0 Å². The standard InChI is InChI=1S/C10H15FN2O/c11-5-1-7-14-10-3-2-9(4-6-12)13-8-10/h2-3,8H,1,4-7,12H2. The third-order valence-electron chi connectivity index (χ3n) is 1.74.